The van der Waals surface area contributed by atoms with Gasteiger partial charge in [0.1, 0.15) is 15.8 Å². The summed E-state index contributed by atoms with van der Waals surface area (Å²) >= 11 is 6.15. The minimum absolute atomic E-state index is 0.103. The van der Waals surface area contributed by atoms with Gasteiger partial charge in [0, 0.05) is 45.0 Å². The first kappa shape index (κ1) is 18.0. The number of hydrogen-bond donors (Lipinski definition) is 0. The lowest BCUT2D eigenvalue weighted by molar-refractivity contribution is 0.384. The highest BCUT2D eigenvalue weighted by molar-refractivity contribution is 7.89. The largest absolute Gasteiger partial charge is 0.497 e. The van der Waals surface area contributed by atoms with Crippen LogP contribution in [-0.4, -0.2) is 55.8 Å². The Morgan fingerprint density at radius 1 is 1.20 bits per heavy atom. The summed E-state index contributed by atoms with van der Waals surface area (Å²) < 4.78 is 34.0. The smallest absolute Gasteiger partial charge is 0.248 e. The first-order valence-electron chi connectivity index (χ1n) is 7.93. The number of aromatic nitrogens is 2. The number of nitrogens with zero attached hydrogens (tertiary/aromatic N) is 4. The number of aryl methyl sites for hydroxylation is 2. The zero-order valence-electron chi connectivity index (χ0n) is 14.4. The molecule has 1 aromatic carbocycles. The molecule has 0 saturated carbocycles. The zero-order valence-corrected chi connectivity index (χ0v) is 16.0. The normalized spacial score (nSPS) is 16.2. The van der Waals surface area contributed by atoms with Crippen LogP contribution in [0.2, 0.25) is 5.15 Å². The maximum absolute atomic E-state index is 12.9. The van der Waals surface area contributed by atoms with Crippen molar-refractivity contribution in [2.45, 2.75) is 11.8 Å². The van der Waals surface area contributed by atoms with E-state index in [0.717, 1.165) is 11.4 Å². The van der Waals surface area contributed by atoms with Crippen LogP contribution in [0.25, 0.3) is 0 Å². The van der Waals surface area contributed by atoms with E-state index in [1.807, 2.05) is 24.3 Å². The molecule has 0 radical (unpaired) electrons. The van der Waals surface area contributed by atoms with Crippen LogP contribution in [0.5, 0.6) is 5.75 Å². The van der Waals surface area contributed by atoms with E-state index in [4.69, 9.17) is 16.3 Å². The second-order valence-electron chi connectivity index (χ2n) is 5.92. The summed E-state index contributed by atoms with van der Waals surface area (Å²) in [5.41, 5.74) is 1.44. The van der Waals surface area contributed by atoms with Gasteiger partial charge in [-0.25, -0.2) is 8.42 Å². The zero-order chi connectivity index (χ0) is 18.2. The number of methoxy groups -OCH3 is 1. The number of benzene rings is 1. The second kappa shape index (κ2) is 6.86. The number of hydrogen-bond acceptors (Lipinski definition) is 5. The van der Waals surface area contributed by atoms with E-state index in [0.29, 0.717) is 31.9 Å². The minimum Gasteiger partial charge on any atom is -0.497 e. The van der Waals surface area contributed by atoms with Crippen LogP contribution in [0.4, 0.5) is 5.69 Å². The fraction of sp³-hybridized carbons (Fsp3) is 0.438. The van der Waals surface area contributed by atoms with Gasteiger partial charge in [0.05, 0.1) is 12.8 Å². The number of sulfonamides is 1. The van der Waals surface area contributed by atoms with Crippen LogP contribution in [0.1, 0.15) is 5.69 Å². The molecule has 2 aromatic rings. The lowest BCUT2D eigenvalue weighted by Crippen LogP contribution is -2.48. The van der Waals surface area contributed by atoms with Gasteiger partial charge in [-0.2, -0.15) is 9.40 Å². The Bertz CT molecular complexity index is 874. The number of rotatable bonds is 4. The molecule has 2 heterocycles. The molecular weight excluding hydrogens is 364 g/mol. The summed E-state index contributed by atoms with van der Waals surface area (Å²) in [4.78, 5) is 2.25. The van der Waals surface area contributed by atoms with E-state index in [2.05, 4.69) is 10.00 Å². The third-order valence-electron chi connectivity index (χ3n) is 4.36. The standard InChI is InChI=1S/C16H21ClN4O3S/c1-12-15(16(17)19(2)18-12)25(22,23)21-9-7-20(8-10-21)13-5-4-6-14(11-13)24-3/h4-6,11H,7-10H2,1-3H3. The van der Waals surface area contributed by atoms with Crippen LogP contribution < -0.4 is 9.64 Å². The Labute approximate surface area is 152 Å². The topological polar surface area (TPSA) is 67.7 Å². The Hall–Kier alpha value is -1.77. The maximum atomic E-state index is 12.9. The molecule has 0 bridgehead atoms. The molecule has 0 spiro atoms. The quantitative estimate of drug-likeness (QED) is 0.805. The van der Waals surface area contributed by atoms with Gasteiger partial charge in [-0.05, 0) is 19.1 Å². The number of ether oxygens (including phenoxy) is 1. The van der Waals surface area contributed by atoms with Crippen molar-refractivity contribution in [3.05, 3.63) is 35.1 Å². The van der Waals surface area contributed by atoms with Crippen molar-refractivity contribution in [2.24, 2.45) is 7.05 Å². The molecule has 0 amide bonds. The predicted octanol–water partition coefficient (Wildman–Crippen LogP) is 1.90. The highest BCUT2D eigenvalue weighted by Crippen LogP contribution is 2.29. The van der Waals surface area contributed by atoms with Crippen LogP contribution in [-0.2, 0) is 17.1 Å². The molecule has 1 fully saturated rings. The SMILES string of the molecule is COc1cccc(N2CCN(S(=O)(=O)c3c(C)nn(C)c3Cl)CC2)c1. The summed E-state index contributed by atoms with van der Waals surface area (Å²) in [6.45, 7) is 3.65. The van der Waals surface area contributed by atoms with Crippen molar-refractivity contribution in [3.8, 4) is 5.75 Å². The van der Waals surface area contributed by atoms with Gasteiger partial charge in [-0.15, -0.1) is 0 Å². The van der Waals surface area contributed by atoms with Gasteiger partial charge in [-0.1, -0.05) is 17.7 Å². The van der Waals surface area contributed by atoms with Crippen molar-refractivity contribution in [1.82, 2.24) is 14.1 Å². The number of halogens is 1. The summed E-state index contributed by atoms with van der Waals surface area (Å²) in [6, 6.07) is 7.76. The molecule has 25 heavy (non-hydrogen) atoms. The van der Waals surface area contributed by atoms with Gasteiger partial charge >= 0.3 is 0 Å². The molecule has 1 aromatic heterocycles. The summed E-state index contributed by atoms with van der Waals surface area (Å²) in [5, 5.41) is 4.25. The fourth-order valence-corrected chi connectivity index (χ4v) is 5.15. The highest BCUT2D eigenvalue weighted by Gasteiger charge is 2.33. The average molecular weight is 385 g/mol. The molecule has 9 heteroatoms. The van der Waals surface area contributed by atoms with Crippen LogP contribution >= 0.6 is 11.6 Å². The van der Waals surface area contributed by atoms with Crippen LogP contribution in [0.3, 0.4) is 0 Å². The molecule has 1 aliphatic rings. The van der Waals surface area contributed by atoms with Crippen LogP contribution in [0.15, 0.2) is 29.2 Å². The molecule has 0 atom stereocenters. The van der Waals surface area contributed by atoms with E-state index in [-0.39, 0.29) is 10.0 Å². The molecule has 0 aliphatic carbocycles. The molecule has 7 nitrogen and oxygen atoms in total. The Morgan fingerprint density at radius 2 is 1.88 bits per heavy atom. The Kier molecular flexibility index (Phi) is 4.95. The van der Waals surface area contributed by atoms with Gasteiger partial charge in [0.15, 0.2) is 0 Å². The van der Waals surface area contributed by atoms with Gasteiger partial charge in [0.25, 0.3) is 0 Å². The van der Waals surface area contributed by atoms with E-state index in [1.54, 1.807) is 21.1 Å². The van der Waals surface area contributed by atoms with E-state index < -0.39 is 10.0 Å². The lowest BCUT2D eigenvalue weighted by Gasteiger charge is -2.35. The second-order valence-corrected chi connectivity index (χ2v) is 8.15. The van der Waals surface area contributed by atoms with E-state index in [1.165, 1.54) is 8.99 Å². The van der Waals surface area contributed by atoms with E-state index >= 15 is 0 Å². The van der Waals surface area contributed by atoms with Gasteiger partial charge in [-0.3, -0.25) is 4.68 Å². The summed E-state index contributed by atoms with van der Waals surface area (Å²) in [6.07, 6.45) is 0. The number of piperazine rings is 1. The highest BCUT2D eigenvalue weighted by atomic mass is 35.5. The summed E-state index contributed by atoms with van der Waals surface area (Å²) in [7, 11) is -0.392. The molecule has 1 aliphatic heterocycles. The molecular formula is C16H21ClN4O3S. The lowest BCUT2D eigenvalue weighted by atomic mass is 10.2. The maximum Gasteiger partial charge on any atom is 0.248 e. The van der Waals surface area contributed by atoms with Crippen molar-refractivity contribution in [1.29, 1.82) is 0 Å². The average Bonchev–Trinajstić information content (AvgIpc) is 2.87. The monoisotopic (exact) mass is 384 g/mol. The first-order chi connectivity index (χ1) is 11.8. The molecule has 136 valence electrons. The van der Waals surface area contributed by atoms with Gasteiger partial charge < -0.3 is 9.64 Å². The fourth-order valence-electron chi connectivity index (χ4n) is 3.03. The predicted molar refractivity (Wildman–Crippen MR) is 96.9 cm³/mol. The first-order valence-corrected chi connectivity index (χ1v) is 9.74. The van der Waals surface area contributed by atoms with Crippen molar-refractivity contribution >= 4 is 27.3 Å². The Morgan fingerprint density at radius 3 is 2.44 bits per heavy atom. The van der Waals surface area contributed by atoms with Crippen molar-refractivity contribution in [2.75, 3.05) is 38.2 Å². The minimum atomic E-state index is -3.65. The summed E-state index contributed by atoms with van der Waals surface area (Å²) in [5.74, 6) is 0.783. The Balaban J connectivity index is 1.77. The molecule has 0 N–H and O–H groups in total. The third-order valence-corrected chi connectivity index (χ3v) is 6.95. The molecule has 3 rings (SSSR count). The van der Waals surface area contributed by atoms with E-state index in [9.17, 15) is 8.42 Å². The van der Waals surface area contributed by atoms with Crippen molar-refractivity contribution in [3.63, 3.8) is 0 Å². The molecule has 1 saturated heterocycles. The number of anilines is 1. The van der Waals surface area contributed by atoms with Gasteiger partial charge in [0.2, 0.25) is 10.0 Å². The molecule has 0 unspecified atom stereocenters. The van der Waals surface area contributed by atoms with Crippen LogP contribution in [0, 0.1) is 6.92 Å². The van der Waals surface area contributed by atoms with Crippen molar-refractivity contribution < 1.29 is 13.2 Å². The third kappa shape index (κ3) is 3.33.